The summed E-state index contributed by atoms with van der Waals surface area (Å²) < 4.78 is 10.7. The summed E-state index contributed by atoms with van der Waals surface area (Å²) in [4.78, 5) is 8.90. The van der Waals surface area contributed by atoms with Gasteiger partial charge >= 0.3 is 0 Å². The second kappa shape index (κ2) is 6.92. The van der Waals surface area contributed by atoms with Gasteiger partial charge in [0, 0.05) is 24.2 Å². The fourth-order valence-corrected chi connectivity index (χ4v) is 2.06. The number of hydrogen-bond acceptors (Lipinski definition) is 5. The Morgan fingerprint density at radius 3 is 2.57 bits per heavy atom. The van der Waals surface area contributed by atoms with Gasteiger partial charge in [-0.15, -0.1) is 0 Å². The molecule has 0 atom stereocenters. The third-order valence-corrected chi connectivity index (χ3v) is 3.08. The summed E-state index contributed by atoms with van der Waals surface area (Å²) in [6.45, 7) is 4.89. The molecule has 0 unspecified atom stereocenters. The third kappa shape index (κ3) is 3.62. The van der Waals surface area contributed by atoms with Gasteiger partial charge in [-0.2, -0.15) is 0 Å². The van der Waals surface area contributed by atoms with Gasteiger partial charge in [0.05, 0.1) is 19.9 Å². The molecule has 2 aromatic rings. The maximum atomic E-state index is 5.44. The van der Waals surface area contributed by atoms with Crippen LogP contribution in [0, 0.1) is 6.92 Å². The van der Waals surface area contributed by atoms with Gasteiger partial charge in [0.25, 0.3) is 0 Å². The average Bonchev–Trinajstić information content (AvgIpc) is 2.51. The molecule has 0 aliphatic heterocycles. The van der Waals surface area contributed by atoms with E-state index in [2.05, 4.69) is 22.2 Å². The van der Waals surface area contributed by atoms with E-state index in [0.29, 0.717) is 0 Å². The molecular formula is C16H21N3O2. The van der Waals surface area contributed by atoms with Crippen LogP contribution in [0.3, 0.4) is 0 Å². The van der Waals surface area contributed by atoms with Crippen LogP contribution in [0.15, 0.2) is 24.3 Å². The van der Waals surface area contributed by atoms with Crippen molar-refractivity contribution in [2.45, 2.75) is 20.3 Å². The Morgan fingerprint density at radius 1 is 1.10 bits per heavy atom. The molecule has 0 amide bonds. The maximum absolute atomic E-state index is 5.44. The Bertz CT molecular complexity index is 614. The molecule has 0 spiro atoms. The number of methoxy groups -OCH3 is 2. The summed E-state index contributed by atoms with van der Waals surface area (Å²) in [6.07, 6.45) is 1.05. The van der Waals surface area contributed by atoms with Gasteiger partial charge in [-0.05, 0) is 25.5 Å². The van der Waals surface area contributed by atoms with Gasteiger partial charge in [-0.1, -0.05) is 6.92 Å². The lowest BCUT2D eigenvalue weighted by molar-refractivity contribution is 0.395. The number of ether oxygens (including phenoxy) is 2. The lowest BCUT2D eigenvalue weighted by Gasteiger charge is -2.12. The van der Waals surface area contributed by atoms with Crippen molar-refractivity contribution in [2.24, 2.45) is 0 Å². The summed E-state index contributed by atoms with van der Waals surface area (Å²) in [5, 5.41) is 3.29. The average molecular weight is 287 g/mol. The fourth-order valence-electron chi connectivity index (χ4n) is 2.06. The molecule has 0 aliphatic carbocycles. The van der Waals surface area contributed by atoms with Crippen LogP contribution in [-0.2, 0) is 0 Å². The molecule has 1 aromatic carbocycles. The van der Waals surface area contributed by atoms with Crippen LogP contribution in [0.25, 0.3) is 11.3 Å². The van der Waals surface area contributed by atoms with Crippen molar-refractivity contribution >= 4 is 5.82 Å². The highest BCUT2D eigenvalue weighted by Crippen LogP contribution is 2.32. The fraction of sp³-hybridized carbons (Fsp3) is 0.375. The van der Waals surface area contributed by atoms with E-state index in [1.165, 1.54) is 0 Å². The molecular weight excluding hydrogens is 266 g/mol. The van der Waals surface area contributed by atoms with E-state index in [9.17, 15) is 0 Å². The highest BCUT2D eigenvalue weighted by molar-refractivity contribution is 5.70. The summed E-state index contributed by atoms with van der Waals surface area (Å²) in [5.74, 6) is 3.04. The Balaban J connectivity index is 2.43. The van der Waals surface area contributed by atoms with Gasteiger partial charge in [0.2, 0.25) is 0 Å². The van der Waals surface area contributed by atoms with Crippen molar-refractivity contribution in [1.82, 2.24) is 9.97 Å². The topological polar surface area (TPSA) is 56.3 Å². The number of anilines is 1. The summed E-state index contributed by atoms with van der Waals surface area (Å²) in [5.41, 5.74) is 1.75. The lowest BCUT2D eigenvalue weighted by Crippen LogP contribution is -2.04. The Kier molecular flexibility index (Phi) is 4.98. The highest BCUT2D eigenvalue weighted by atomic mass is 16.5. The van der Waals surface area contributed by atoms with Crippen molar-refractivity contribution in [3.8, 4) is 22.8 Å². The second-order valence-electron chi connectivity index (χ2n) is 4.68. The number of rotatable bonds is 6. The van der Waals surface area contributed by atoms with Crippen molar-refractivity contribution < 1.29 is 9.47 Å². The molecule has 0 fully saturated rings. The van der Waals surface area contributed by atoms with Crippen LogP contribution in [-0.4, -0.2) is 30.7 Å². The molecule has 21 heavy (non-hydrogen) atoms. The largest absolute Gasteiger partial charge is 0.497 e. The van der Waals surface area contributed by atoms with Crippen LogP contribution in [0.1, 0.15) is 19.2 Å². The number of nitrogens with one attached hydrogen (secondary N) is 1. The smallest absolute Gasteiger partial charge is 0.131 e. The van der Waals surface area contributed by atoms with Crippen molar-refractivity contribution in [3.05, 3.63) is 30.1 Å². The van der Waals surface area contributed by atoms with Gasteiger partial charge < -0.3 is 14.8 Å². The van der Waals surface area contributed by atoms with Crippen LogP contribution in [0.4, 0.5) is 5.82 Å². The first-order valence-electron chi connectivity index (χ1n) is 7.00. The standard InChI is InChI=1S/C16H21N3O2/c1-5-8-17-16-10-14(18-11(2)19-16)13-7-6-12(20-3)9-15(13)21-4/h6-7,9-10H,5,8H2,1-4H3,(H,17,18,19). The predicted molar refractivity (Wildman–Crippen MR) is 84.1 cm³/mol. The quantitative estimate of drug-likeness (QED) is 0.883. The van der Waals surface area contributed by atoms with E-state index in [0.717, 1.165) is 47.4 Å². The molecule has 0 bridgehead atoms. The van der Waals surface area contributed by atoms with Gasteiger partial charge in [0.15, 0.2) is 0 Å². The monoisotopic (exact) mass is 287 g/mol. The molecule has 0 saturated carbocycles. The molecule has 2 rings (SSSR count). The normalized spacial score (nSPS) is 10.3. The number of nitrogens with zero attached hydrogens (tertiary/aromatic N) is 2. The van der Waals surface area contributed by atoms with Crippen LogP contribution in [0.5, 0.6) is 11.5 Å². The minimum atomic E-state index is 0.726. The zero-order chi connectivity index (χ0) is 15.2. The zero-order valence-corrected chi connectivity index (χ0v) is 12.9. The number of benzene rings is 1. The molecule has 112 valence electrons. The zero-order valence-electron chi connectivity index (χ0n) is 12.9. The number of aryl methyl sites for hydroxylation is 1. The van der Waals surface area contributed by atoms with E-state index < -0.39 is 0 Å². The van der Waals surface area contributed by atoms with E-state index in [1.807, 2.05) is 31.2 Å². The first-order chi connectivity index (χ1) is 10.2. The molecule has 0 aliphatic rings. The van der Waals surface area contributed by atoms with Crippen molar-refractivity contribution in [2.75, 3.05) is 26.1 Å². The molecule has 1 N–H and O–H groups in total. The summed E-state index contributed by atoms with van der Waals surface area (Å²) >= 11 is 0. The Morgan fingerprint density at radius 2 is 1.90 bits per heavy atom. The molecule has 0 radical (unpaired) electrons. The van der Waals surface area contributed by atoms with Crippen molar-refractivity contribution in [1.29, 1.82) is 0 Å². The number of aromatic nitrogens is 2. The van der Waals surface area contributed by atoms with E-state index in [4.69, 9.17) is 9.47 Å². The lowest BCUT2D eigenvalue weighted by atomic mass is 10.1. The second-order valence-corrected chi connectivity index (χ2v) is 4.68. The number of hydrogen-bond donors (Lipinski definition) is 1. The summed E-state index contributed by atoms with van der Waals surface area (Å²) in [6, 6.07) is 7.64. The summed E-state index contributed by atoms with van der Waals surface area (Å²) in [7, 11) is 3.28. The third-order valence-electron chi connectivity index (χ3n) is 3.08. The predicted octanol–water partition coefficient (Wildman–Crippen LogP) is 3.29. The SMILES string of the molecule is CCCNc1cc(-c2ccc(OC)cc2OC)nc(C)n1. The minimum Gasteiger partial charge on any atom is -0.497 e. The van der Waals surface area contributed by atoms with Gasteiger partial charge in [-0.3, -0.25) is 0 Å². The molecule has 1 heterocycles. The van der Waals surface area contributed by atoms with E-state index in [1.54, 1.807) is 14.2 Å². The van der Waals surface area contributed by atoms with Crippen molar-refractivity contribution in [3.63, 3.8) is 0 Å². The van der Waals surface area contributed by atoms with Crippen LogP contribution < -0.4 is 14.8 Å². The molecule has 5 nitrogen and oxygen atoms in total. The van der Waals surface area contributed by atoms with Gasteiger partial charge in [0.1, 0.15) is 23.1 Å². The van der Waals surface area contributed by atoms with Gasteiger partial charge in [-0.25, -0.2) is 9.97 Å². The van der Waals surface area contributed by atoms with Crippen LogP contribution in [0.2, 0.25) is 0 Å². The maximum Gasteiger partial charge on any atom is 0.131 e. The minimum absolute atomic E-state index is 0.726. The molecule has 0 saturated heterocycles. The van der Waals surface area contributed by atoms with Crippen LogP contribution >= 0.6 is 0 Å². The molecule has 5 heteroatoms. The van der Waals surface area contributed by atoms with E-state index >= 15 is 0 Å². The first-order valence-corrected chi connectivity index (χ1v) is 7.00. The first kappa shape index (κ1) is 15.1. The Hall–Kier alpha value is -2.30. The Labute approximate surface area is 125 Å². The molecule has 1 aromatic heterocycles. The highest BCUT2D eigenvalue weighted by Gasteiger charge is 2.11. The van der Waals surface area contributed by atoms with E-state index in [-0.39, 0.29) is 0 Å².